The van der Waals surface area contributed by atoms with Crippen LogP contribution in [-0.4, -0.2) is 48.9 Å². The predicted molar refractivity (Wildman–Crippen MR) is 81.5 cm³/mol. The Labute approximate surface area is 123 Å². The number of rotatable bonds is 2. The van der Waals surface area contributed by atoms with Gasteiger partial charge in [-0.2, -0.15) is 0 Å². The molecule has 1 amide bonds. The zero-order valence-electron chi connectivity index (χ0n) is 13.0. The molecule has 2 heterocycles. The third-order valence-corrected chi connectivity index (χ3v) is 5.99. The minimum absolute atomic E-state index is 0.314. The van der Waals surface area contributed by atoms with Crippen molar-refractivity contribution in [3.63, 3.8) is 0 Å². The fourth-order valence-corrected chi connectivity index (χ4v) is 4.53. The van der Waals surface area contributed by atoms with Crippen molar-refractivity contribution < 1.29 is 4.79 Å². The van der Waals surface area contributed by atoms with E-state index >= 15 is 0 Å². The van der Waals surface area contributed by atoms with Gasteiger partial charge in [-0.1, -0.05) is 25.7 Å². The quantitative estimate of drug-likeness (QED) is 0.775. The number of carbonyl (C=O) groups is 1. The summed E-state index contributed by atoms with van der Waals surface area (Å²) in [7, 11) is 2.16. The molecule has 0 unspecified atom stereocenters. The van der Waals surface area contributed by atoms with Gasteiger partial charge < -0.3 is 9.80 Å². The van der Waals surface area contributed by atoms with Crippen LogP contribution < -0.4 is 0 Å². The first-order chi connectivity index (χ1) is 9.74. The molecule has 0 aromatic carbocycles. The van der Waals surface area contributed by atoms with Gasteiger partial charge in [-0.15, -0.1) is 0 Å². The summed E-state index contributed by atoms with van der Waals surface area (Å²) in [6.45, 7) is 4.25. The Morgan fingerprint density at radius 3 is 1.95 bits per heavy atom. The standard InChI is InChI=1S/C17H30N2O/c1-18-10-6-16(7-11-18)17(20)19-12-8-15(9-13-19)14-4-2-3-5-14/h14-16H,2-13H2,1H3. The van der Waals surface area contributed by atoms with Crippen molar-refractivity contribution in [2.45, 2.75) is 51.4 Å². The summed E-state index contributed by atoms with van der Waals surface area (Å²) in [5, 5.41) is 0. The molecule has 0 aromatic heterocycles. The summed E-state index contributed by atoms with van der Waals surface area (Å²) in [4.78, 5) is 17.1. The molecule has 3 aliphatic rings. The van der Waals surface area contributed by atoms with Crippen LogP contribution in [0.5, 0.6) is 0 Å². The second-order valence-electron chi connectivity index (χ2n) is 7.28. The van der Waals surface area contributed by atoms with Gasteiger partial charge in [0.15, 0.2) is 0 Å². The molecular formula is C17H30N2O. The molecule has 3 fully saturated rings. The molecule has 3 heteroatoms. The topological polar surface area (TPSA) is 23.6 Å². The average molecular weight is 278 g/mol. The van der Waals surface area contributed by atoms with Crippen LogP contribution in [0, 0.1) is 17.8 Å². The SMILES string of the molecule is CN1CCC(C(=O)N2CCC(C3CCCC3)CC2)CC1. The Hall–Kier alpha value is -0.570. The van der Waals surface area contributed by atoms with E-state index < -0.39 is 0 Å². The lowest BCUT2D eigenvalue weighted by Crippen LogP contribution is -2.45. The number of amides is 1. The van der Waals surface area contributed by atoms with Crippen LogP contribution in [0.4, 0.5) is 0 Å². The van der Waals surface area contributed by atoms with Gasteiger partial charge in [0.1, 0.15) is 0 Å². The minimum Gasteiger partial charge on any atom is -0.342 e. The van der Waals surface area contributed by atoms with Crippen LogP contribution in [0.15, 0.2) is 0 Å². The van der Waals surface area contributed by atoms with E-state index in [4.69, 9.17) is 0 Å². The molecule has 1 saturated carbocycles. The van der Waals surface area contributed by atoms with E-state index in [1.807, 2.05) is 0 Å². The summed E-state index contributed by atoms with van der Waals surface area (Å²) >= 11 is 0. The molecule has 114 valence electrons. The molecule has 1 aliphatic carbocycles. The number of hydrogen-bond donors (Lipinski definition) is 0. The summed E-state index contributed by atoms with van der Waals surface area (Å²) < 4.78 is 0. The second kappa shape index (κ2) is 6.46. The van der Waals surface area contributed by atoms with Crippen molar-refractivity contribution >= 4 is 5.91 Å². The number of nitrogens with zero attached hydrogens (tertiary/aromatic N) is 2. The number of piperidine rings is 2. The van der Waals surface area contributed by atoms with Gasteiger partial charge in [-0.3, -0.25) is 4.79 Å². The molecular weight excluding hydrogens is 248 g/mol. The van der Waals surface area contributed by atoms with Crippen LogP contribution in [0.2, 0.25) is 0 Å². The fraction of sp³-hybridized carbons (Fsp3) is 0.941. The fourth-order valence-electron chi connectivity index (χ4n) is 4.53. The van der Waals surface area contributed by atoms with Crippen molar-refractivity contribution in [2.24, 2.45) is 17.8 Å². The summed E-state index contributed by atoms with van der Waals surface area (Å²) in [5.41, 5.74) is 0. The monoisotopic (exact) mass is 278 g/mol. The molecule has 2 saturated heterocycles. The normalized spacial score (nSPS) is 28.1. The summed E-state index contributed by atoms with van der Waals surface area (Å²) in [6.07, 6.45) is 10.5. The molecule has 0 bridgehead atoms. The maximum absolute atomic E-state index is 12.6. The zero-order valence-corrected chi connectivity index (χ0v) is 13.0. The first kappa shape index (κ1) is 14.4. The first-order valence-corrected chi connectivity index (χ1v) is 8.71. The van der Waals surface area contributed by atoms with E-state index in [-0.39, 0.29) is 0 Å². The van der Waals surface area contributed by atoms with Crippen LogP contribution in [0.1, 0.15) is 51.4 Å². The summed E-state index contributed by atoms with van der Waals surface area (Å²) in [6, 6.07) is 0. The van der Waals surface area contributed by atoms with Gasteiger partial charge in [0.2, 0.25) is 5.91 Å². The van der Waals surface area contributed by atoms with Crippen molar-refractivity contribution in [1.82, 2.24) is 9.80 Å². The summed E-state index contributed by atoms with van der Waals surface area (Å²) in [5.74, 6) is 2.67. The largest absolute Gasteiger partial charge is 0.342 e. The Morgan fingerprint density at radius 1 is 0.800 bits per heavy atom. The Morgan fingerprint density at radius 2 is 1.35 bits per heavy atom. The van der Waals surface area contributed by atoms with Crippen molar-refractivity contribution in [2.75, 3.05) is 33.2 Å². The number of likely N-dealkylation sites (tertiary alicyclic amines) is 2. The highest BCUT2D eigenvalue weighted by Gasteiger charge is 2.33. The lowest BCUT2D eigenvalue weighted by molar-refractivity contribution is -0.138. The molecule has 3 rings (SSSR count). The van der Waals surface area contributed by atoms with E-state index in [0.717, 1.165) is 50.9 Å². The Kier molecular flexibility index (Phi) is 4.65. The van der Waals surface area contributed by atoms with Crippen LogP contribution in [-0.2, 0) is 4.79 Å². The molecule has 0 N–H and O–H groups in total. The van der Waals surface area contributed by atoms with Crippen LogP contribution in [0.3, 0.4) is 0 Å². The van der Waals surface area contributed by atoms with Gasteiger partial charge in [-0.25, -0.2) is 0 Å². The predicted octanol–water partition coefficient (Wildman–Crippen LogP) is 2.76. The number of hydrogen-bond acceptors (Lipinski definition) is 2. The molecule has 20 heavy (non-hydrogen) atoms. The molecule has 0 aromatic rings. The van der Waals surface area contributed by atoms with Crippen LogP contribution >= 0.6 is 0 Å². The van der Waals surface area contributed by atoms with Crippen LogP contribution in [0.25, 0.3) is 0 Å². The van der Waals surface area contributed by atoms with Crippen molar-refractivity contribution in [1.29, 1.82) is 0 Å². The first-order valence-electron chi connectivity index (χ1n) is 8.71. The van der Waals surface area contributed by atoms with Gasteiger partial charge in [0, 0.05) is 19.0 Å². The molecule has 2 aliphatic heterocycles. The second-order valence-corrected chi connectivity index (χ2v) is 7.28. The lowest BCUT2D eigenvalue weighted by atomic mass is 9.83. The zero-order chi connectivity index (χ0) is 13.9. The van der Waals surface area contributed by atoms with Gasteiger partial charge in [0.25, 0.3) is 0 Å². The van der Waals surface area contributed by atoms with E-state index in [0.29, 0.717) is 11.8 Å². The van der Waals surface area contributed by atoms with E-state index in [1.165, 1.54) is 38.5 Å². The molecule has 0 radical (unpaired) electrons. The van der Waals surface area contributed by atoms with E-state index in [9.17, 15) is 4.79 Å². The number of carbonyl (C=O) groups excluding carboxylic acids is 1. The maximum Gasteiger partial charge on any atom is 0.225 e. The van der Waals surface area contributed by atoms with Gasteiger partial charge in [-0.05, 0) is 57.7 Å². The van der Waals surface area contributed by atoms with Gasteiger partial charge in [0.05, 0.1) is 0 Å². The molecule has 0 spiro atoms. The minimum atomic E-state index is 0.314. The average Bonchev–Trinajstić information content (AvgIpc) is 3.02. The molecule has 0 atom stereocenters. The third-order valence-electron chi connectivity index (χ3n) is 5.99. The van der Waals surface area contributed by atoms with Crippen molar-refractivity contribution in [3.05, 3.63) is 0 Å². The maximum atomic E-state index is 12.6. The smallest absolute Gasteiger partial charge is 0.225 e. The van der Waals surface area contributed by atoms with Gasteiger partial charge >= 0.3 is 0 Å². The highest BCUT2D eigenvalue weighted by atomic mass is 16.2. The van der Waals surface area contributed by atoms with E-state index in [2.05, 4.69) is 16.8 Å². The highest BCUT2D eigenvalue weighted by molar-refractivity contribution is 5.79. The van der Waals surface area contributed by atoms with E-state index in [1.54, 1.807) is 0 Å². The Bertz CT molecular complexity index is 322. The third kappa shape index (κ3) is 3.19. The molecule has 3 nitrogen and oxygen atoms in total. The highest BCUT2D eigenvalue weighted by Crippen LogP contribution is 2.37. The van der Waals surface area contributed by atoms with Crippen molar-refractivity contribution in [3.8, 4) is 0 Å². The Balaban J connectivity index is 1.46. The lowest BCUT2D eigenvalue weighted by Gasteiger charge is -2.38.